The number of aromatic nitrogens is 1. The van der Waals surface area contributed by atoms with Crippen LogP contribution in [-0.2, 0) is 0 Å². The van der Waals surface area contributed by atoms with E-state index in [4.69, 9.17) is 15.4 Å². The number of likely N-dealkylation sites (tertiary alicyclic amines) is 1. The lowest BCUT2D eigenvalue weighted by Crippen LogP contribution is -2.41. The number of hydrogen-bond donors (Lipinski definition) is 1. The van der Waals surface area contributed by atoms with Gasteiger partial charge in [-0.25, -0.2) is 4.79 Å². The van der Waals surface area contributed by atoms with Crippen LogP contribution < -0.4 is 4.74 Å². The molecular formula is C15H15N5O3. The van der Waals surface area contributed by atoms with Crippen LogP contribution in [0.1, 0.15) is 12.8 Å². The molecule has 0 spiro atoms. The molecule has 1 aromatic carbocycles. The van der Waals surface area contributed by atoms with Gasteiger partial charge in [-0.05, 0) is 29.1 Å². The lowest BCUT2D eigenvalue weighted by Gasteiger charge is -2.30. The summed E-state index contributed by atoms with van der Waals surface area (Å²) in [4.78, 5) is 19.2. The number of rotatable bonds is 3. The molecule has 118 valence electrons. The predicted molar refractivity (Wildman–Crippen MR) is 83.8 cm³/mol. The molecule has 1 saturated heterocycles. The molecule has 1 aromatic heterocycles. The fourth-order valence-corrected chi connectivity index (χ4v) is 2.72. The van der Waals surface area contributed by atoms with Gasteiger partial charge in [0.05, 0.1) is 5.69 Å². The first kappa shape index (κ1) is 14.9. The minimum atomic E-state index is -0.906. The Morgan fingerprint density at radius 3 is 2.87 bits per heavy atom. The van der Waals surface area contributed by atoms with Gasteiger partial charge in [-0.3, -0.25) is 4.98 Å². The van der Waals surface area contributed by atoms with E-state index in [1.807, 2.05) is 6.07 Å². The van der Waals surface area contributed by atoms with Crippen molar-refractivity contribution < 1.29 is 14.6 Å². The molecule has 8 nitrogen and oxygen atoms in total. The Bertz CT molecular complexity index is 780. The topological polar surface area (TPSA) is 111 Å². The van der Waals surface area contributed by atoms with Crippen molar-refractivity contribution in [2.24, 2.45) is 5.11 Å². The van der Waals surface area contributed by atoms with Crippen LogP contribution in [0.2, 0.25) is 0 Å². The van der Waals surface area contributed by atoms with Gasteiger partial charge >= 0.3 is 6.09 Å². The van der Waals surface area contributed by atoms with Crippen molar-refractivity contribution in [2.45, 2.75) is 18.9 Å². The molecule has 3 rings (SSSR count). The van der Waals surface area contributed by atoms with E-state index in [1.165, 1.54) is 4.90 Å². The summed E-state index contributed by atoms with van der Waals surface area (Å²) in [5, 5.41) is 14.4. The second kappa shape index (κ2) is 6.41. The van der Waals surface area contributed by atoms with Crippen LogP contribution in [0.25, 0.3) is 21.2 Å². The lowest BCUT2D eigenvalue weighted by atomic mass is 10.1. The van der Waals surface area contributed by atoms with Gasteiger partial charge in [-0.1, -0.05) is 5.11 Å². The SMILES string of the molecule is [N-]=[N+]=Nc1c(OC2CCN(C(=O)O)CC2)ccc2cnccc12. The average Bonchev–Trinajstić information content (AvgIpc) is 2.57. The van der Waals surface area contributed by atoms with Crippen LogP contribution >= 0.6 is 0 Å². The van der Waals surface area contributed by atoms with Gasteiger partial charge in [0, 0.05) is 48.6 Å². The highest BCUT2D eigenvalue weighted by Crippen LogP contribution is 2.37. The quantitative estimate of drug-likeness (QED) is 0.529. The molecule has 0 bridgehead atoms. The van der Waals surface area contributed by atoms with Crippen LogP contribution in [0.4, 0.5) is 10.5 Å². The average molecular weight is 313 g/mol. The fourth-order valence-electron chi connectivity index (χ4n) is 2.72. The Kier molecular flexibility index (Phi) is 4.16. The van der Waals surface area contributed by atoms with Crippen molar-refractivity contribution in [3.8, 4) is 5.75 Å². The van der Waals surface area contributed by atoms with Gasteiger partial charge in [0.2, 0.25) is 0 Å². The third kappa shape index (κ3) is 3.12. The minimum Gasteiger partial charge on any atom is -0.490 e. The predicted octanol–water partition coefficient (Wildman–Crippen LogP) is 3.70. The smallest absolute Gasteiger partial charge is 0.407 e. The maximum atomic E-state index is 10.9. The summed E-state index contributed by atoms with van der Waals surface area (Å²) in [6.45, 7) is 0.878. The van der Waals surface area contributed by atoms with Gasteiger partial charge < -0.3 is 14.7 Å². The Hall–Kier alpha value is -2.99. The molecule has 0 atom stereocenters. The van der Waals surface area contributed by atoms with E-state index in [2.05, 4.69) is 15.0 Å². The van der Waals surface area contributed by atoms with Gasteiger partial charge in [0.1, 0.15) is 11.9 Å². The molecule has 23 heavy (non-hydrogen) atoms. The van der Waals surface area contributed by atoms with E-state index in [9.17, 15) is 4.79 Å². The third-order valence-electron chi connectivity index (χ3n) is 3.91. The highest BCUT2D eigenvalue weighted by molar-refractivity contribution is 5.94. The van der Waals surface area contributed by atoms with E-state index in [1.54, 1.807) is 24.5 Å². The van der Waals surface area contributed by atoms with Crippen LogP contribution in [-0.4, -0.2) is 40.3 Å². The molecule has 0 unspecified atom stereocenters. The summed E-state index contributed by atoms with van der Waals surface area (Å²) in [5.74, 6) is 0.510. The molecular weight excluding hydrogens is 298 g/mol. The summed E-state index contributed by atoms with van der Waals surface area (Å²) in [5.41, 5.74) is 9.26. The molecule has 2 heterocycles. The normalized spacial score (nSPS) is 15.2. The molecule has 1 aliphatic heterocycles. The lowest BCUT2D eigenvalue weighted by molar-refractivity contribution is 0.0898. The molecule has 1 aliphatic rings. The van der Waals surface area contributed by atoms with Crippen LogP contribution in [0.5, 0.6) is 5.75 Å². The van der Waals surface area contributed by atoms with Crippen molar-refractivity contribution >= 4 is 22.6 Å². The first-order chi connectivity index (χ1) is 11.2. The highest BCUT2D eigenvalue weighted by atomic mass is 16.5. The maximum Gasteiger partial charge on any atom is 0.407 e. The van der Waals surface area contributed by atoms with Gasteiger partial charge in [0.25, 0.3) is 0 Å². The van der Waals surface area contributed by atoms with Crippen molar-refractivity contribution in [3.05, 3.63) is 41.0 Å². The van der Waals surface area contributed by atoms with E-state index >= 15 is 0 Å². The number of carboxylic acid groups (broad SMARTS) is 1. The Morgan fingerprint density at radius 1 is 1.39 bits per heavy atom. The number of nitrogens with zero attached hydrogens (tertiary/aromatic N) is 5. The molecule has 1 N–H and O–H groups in total. The van der Waals surface area contributed by atoms with Crippen molar-refractivity contribution in [2.75, 3.05) is 13.1 Å². The zero-order chi connectivity index (χ0) is 16.2. The Labute approximate surface area is 131 Å². The number of azide groups is 1. The second-order valence-electron chi connectivity index (χ2n) is 5.29. The number of amides is 1. The van der Waals surface area contributed by atoms with Crippen molar-refractivity contribution in [1.29, 1.82) is 0 Å². The molecule has 1 fully saturated rings. The standard InChI is InChI=1S/C15H15N5O3/c16-19-18-14-12-3-6-17-9-10(12)1-2-13(14)23-11-4-7-20(8-5-11)15(21)22/h1-3,6,9,11H,4-5,7-8H2,(H,21,22). The number of fused-ring (bicyclic) bond motifs is 1. The Morgan fingerprint density at radius 2 is 2.17 bits per heavy atom. The molecule has 0 saturated carbocycles. The molecule has 1 amide bonds. The van der Waals surface area contributed by atoms with E-state index in [-0.39, 0.29) is 6.10 Å². The van der Waals surface area contributed by atoms with Crippen molar-refractivity contribution in [3.63, 3.8) is 0 Å². The summed E-state index contributed by atoms with van der Waals surface area (Å²) in [6.07, 6.45) is 3.54. The maximum absolute atomic E-state index is 10.9. The Balaban J connectivity index is 1.84. The fraction of sp³-hybridized carbons (Fsp3) is 0.333. The van der Waals surface area contributed by atoms with Gasteiger partial charge in [-0.15, -0.1) is 0 Å². The zero-order valence-corrected chi connectivity index (χ0v) is 12.3. The number of hydrogen-bond acceptors (Lipinski definition) is 4. The summed E-state index contributed by atoms with van der Waals surface area (Å²) >= 11 is 0. The van der Waals surface area contributed by atoms with Gasteiger partial charge in [-0.2, -0.15) is 0 Å². The van der Waals surface area contributed by atoms with E-state index in [0.29, 0.717) is 37.4 Å². The third-order valence-corrected chi connectivity index (χ3v) is 3.91. The monoisotopic (exact) mass is 313 g/mol. The molecule has 0 aliphatic carbocycles. The summed E-state index contributed by atoms with van der Waals surface area (Å²) in [7, 11) is 0. The highest BCUT2D eigenvalue weighted by Gasteiger charge is 2.24. The zero-order valence-electron chi connectivity index (χ0n) is 12.3. The number of ether oxygens (including phenoxy) is 1. The molecule has 8 heteroatoms. The second-order valence-corrected chi connectivity index (χ2v) is 5.29. The minimum absolute atomic E-state index is 0.0995. The summed E-state index contributed by atoms with van der Waals surface area (Å²) < 4.78 is 5.97. The first-order valence-corrected chi connectivity index (χ1v) is 7.25. The van der Waals surface area contributed by atoms with E-state index < -0.39 is 6.09 Å². The number of benzene rings is 1. The van der Waals surface area contributed by atoms with Crippen LogP contribution in [0, 0.1) is 0 Å². The molecule has 0 radical (unpaired) electrons. The summed E-state index contributed by atoms with van der Waals surface area (Å²) in [6, 6.07) is 5.40. The largest absolute Gasteiger partial charge is 0.490 e. The van der Waals surface area contributed by atoms with E-state index in [0.717, 1.165) is 10.8 Å². The number of piperidine rings is 1. The molecule has 2 aromatic rings. The van der Waals surface area contributed by atoms with Crippen molar-refractivity contribution in [1.82, 2.24) is 9.88 Å². The van der Waals surface area contributed by atoms with Gasteiger partial charge in [0.15, 0.2) is 0 Å². The number of carbonyl (C=O) groups is 1. The first-order valence-electron chi connectivity index (χ1n) is 7.25. The van der Waals surface area contributed by atoms with Crippen LogP contribution in [0.15, 0.2) is 35.7 Å². The number of pyridine rings is 1. The van der Waals surface area contributed by atoms with Crippen LogP contribution in [0.3, 0.4) is 0 Å².